The van der Waals surface area contributed by atoms with Crippen LogP contribution in [0.1, 0.15) is 53.4 Å². The molecule has 0 radical (unpaired) electrons. The van der Waals surface area contributed by atoms with Gasteiger partial charge in [0.2, 0.25) is 0 Å². The van der Waals surface area contributed by atoms with Crippen LogP contribution in [-0.4, -0.2) is 38.1 Å². The molecular weight excluding hydrogens is 208 g/mol. The molecule has 0 aliphatic carbocycles. The van der Waals surface area contributed by atoms with Crippen LogP contribution in [0.5, 0.6) is 0 Å². The molecule has 0 aromatic rings. The largest absolute Gasteiger partial charge is 0.319 e. The molecule has 0 saturated carbocycles. The predicted octanol–water partition coefficient (Wildman–Crippen LogP) is 3.13. The monoisotopic (exact) mass is 240 g/mol. The second-order valence-corrected chi connectivity index (χ2v) is 6.99. The molecule has 0 amide bonds. The van der Waals surface area contributed by atoms with Crippen LogP contribution in [-0.2, 0) is 0 Å². The standard InChI is InChI=1S/C15H32N2/c1-6-15(4,12-16-5)13-17-10-7-8-14(2,3)9-11-17/h16H,6-13H2,1-5H3. The van der Waals surface area contributed by atoms with Gasteiger partial charge < -0.3 is 10.2 Å². The van der Waals surface area contributed by atoms with Crippen molar-refractivity contribution in [1.82, 2.24) is 10.2 Å². The highest BCUT2D eigenvalue weighted by Gasteiger charge is 2.28. The van der Waals surface area contributed by atoms with E-state index in [-0.39, 0.29) is 0 Å². The van der Waals surface area contributed by atoms with Gasteiger partial charge in [-0.2, -0.15) is 0 Å². The van der Waals surface area contributed by atoms with E-state index in [1.54, 1.807) is 0 Å². The first-order valence-electron chi connectivity index (χ1n) is 7.28. The summed E-state index contributed by atoms with van der Waals surface area (Å²) < 4.78 is 0. The lowest BCUT2D eigenvalue weighted by atomic mass is 9.85. The van der Waals surface area contributed by atoms with E-state index in [1.165, 1.54) is 45.3 Å². The molecule has 1 aliphatic heterocycles. The number of rotatable bonds is 5. The third-order valence-corrected chi connectivity index (χ3v) is 4.50. The van der Waals surface area contributed by atoms with Crippen molar-refractivity contribution in [2.75, 3.05) is 33.2 Å². The van der Waals surface area contributed by atoms with Gasteiger partial charge in [0.15, 0.2) is 0 Å². The van der Waals surface area contributed by atoms with Gasteiger partial charge in [0.25, 0.3) is 0 Å². The highest BCUT2D eigenvalue weighted by atomic mass is 15.1. The van der Waals surface area contributed by atoms with Gasteiger partial charge >= 0.3 is 0 Å². The lowest BCUT2D eigenvalue weighted by Gasteiger charge is -2.34. The van der Waals surface area contributed by atoms with Crippen molar-refractivity contribution in [3.63, 3.8) is 0 Å². The quantitative estimate of drug-likeness (QED) is 0.794. The summed E-state index contributed by atoms with van der Waals surface area (Å²) in [4.78, 5) is 2.69. The fourth-order valence-electron chi connectivity index (χ4n) is 2.90. The van der Waals surface area contributed by atoms with Crippen molar-refractivity contribution in [1.29, 1.82) is 0 Å². The topological polar surface area (TPSA) is 15.3 Å². The zero-order valence-electron chi connectivity index (χ0n) is 12.6. The maximum atomic E-state index is 3.35. The first-order chi connectivity index (χ1) is 7.91. The molecule has 1 fully saturated rings. The number of nitrogens with one attached hydrogen (secondary N) is 1. The Hall–Kier alpha value is -0.0800. The summed E-state index contributed by atoms with van der Waals surface area (Å²) in [6, 6.07) is 0. The summed E-state index contributed by atoms with van der Waals surface area (Å²) in [7, 11) is 2.07. The minimum absolute atomic E-state index is 0.434. The van der Waals surface area contributed by atoms with E-state index in [1.807, 2.05) is 0 Å². The van der Waals surface area contributed by atoms with E-state index in [4.69, 9.17) is 0 Å². The molecule has 2 heteroatoms. The molecule has 2 nitrogen and oxygen atoms in total. The van der Waals surface area contributed by atoms with Gasteiger partial charge in [0.1, 0.15) is 0 Å². The maximum absolute atomic E-state index is 3.35. The van der Waals surface area contributed by atoms with Gasteiger partial charge in [-0.1, -0.05) is 27.7 Å². The van der Waals surface area contributed by atoms with Crippen LogP contribution >= 0.6 is 0 Å². The molecule has 1 atom stereocenters. The van der Waals surface area contributed by atoms with E-state index in [0.717, 1.165) is 6.54 Å². The third kappa shape index (κ3) is 4.97. The highest BCUT2D eigenvalue weighted by molar-refractivity contribution is 4.82. The van der Waals surface area contributed by atoms with Gasteiger partial charge in [0, 0.05) is 13.1 Å². The fourth-order valence-corrected chi connectivity index (χ4v) is 2.90. The second kappa shape index (κ2) is 6.19. The highest BCUT2D eigenvalue weighted by Crippen LogP contribution is 2.31. The Balaban J connectivity index is 2.50. The van der Waals surface area contributed by atoms with Crippen LogP contribution in [0.15, 0.2) is 0 Å². The van der Waals surface area contributed by atoms with Crippen molar-refractivity contribution >= 4 is 0 Å². The van der Waals surface area contributed by atoms with Crippen LogP contribution in [0, 0.1) is 10.8 Å². The zero-order valence-corrected chi connectivity index (χ0v) is 12.6. The summed E-state index contributed by atoms with van der Waals surface area (Å²) in [5.41, 5.74) is 0.990. The molecule has 102 valence electrons. The van der Waals surface area contributed by atoms with Crippen molar-refractivity contribution in [2.45, 2.75) is 53.4 Å². The summed E-state index contributed by atoms with van der Waals surface area (Å²) in [6.07, 6.45) is 5.37. The summed E-state index contributed by atoms with van der Waals surface area (Å²) >= 11 is 0. The number of likely N-dealkylation sites (tertiary alicyclic amines) is 1. The molecular formula is C15H32N2. The second-order valence-electron chi connectivity index (χ2n) is 6.99. The minimum atomic E-state index is 0.434. The molecule has 0 aromatic heterocycles. The molecule has 0 spiro atoms. The van der Waals surface area contributed by atoms with E-state index in [9.17, 15) is 0 Å². The SMILES string of the molecule is CCC(C)(CNC)CN1CCCC(C)(C)CC1. The number of nitrogens with zero attached hydrogens (tertiary/aromatic N) is 1. The molecule has 17 heavy (non-hydrogen) atoms. The summed E-state index contributed by atoms with van der Waals surface area (Å²) in [5.74, 6) is 0. The third-order valence-electron chi connectivity index (χ3n) is 4.50. The average Bonchev–Trinajstić information content (AvgIpc) is 2.41. The average molecular weight is 240 g/mol. The smallest absolute Gasteiger partial charge is 0.00474 e. The summed E-state index contributed by atoms with van der Waals surface area (Å²) in [6.45, 7) is 14.5. The molecule has 1 heterocycles. The molecule has 0 bridgehead atoms. The predicted molar refractivity (Wildman–Crippen MR) is 76.4 cm³/mol. The Labute approximate surface area is 108 Å². The lowest BCUT2D eigenvalue weighted by Crippen LogP contribution is -2.41. The van der Waals surface area contributed by atoms with Crippen molar-refractivity contribution in [2.24, 2.45) is 10.8 Å². The van der Waals surface area contributed by atoms with E-state index >= 15 is 0 Å². The fraction of sp³-hybridized carbons (Fsp3) is 1.00. The number of hydrogen-bond acceptors (Lipinski definition) is 2. The van der Waals surface area contributed by atoms with E-state index in [0.29, 0.717) is 10.8 Å². The van der Waals surface area contributed by atoms with Crippen molar-refractivity contribution in [3.8, 4) is 0 Å². The first kappa shape index (κ1) is 15.0. The maximum Gasteiger partial charge on any atom is 0.00474 e. The van der Waals surface area contributed by atoms with Crippen LogP contribution in [0.4, 0.5) is 0 Å². The number of hydrogen-bond donors (Lipinski definition) is 1. The Morgan fingerprint density at radius 2 is 1.94 bits per heavy atom. The van der Waals surface area contributed by atoms with E-state index < -0.39 is 0 Å². The molecule has 1 N–H and O–H groups in total. The minimum Gasteiger partial charge on any atom is -0.319 e. The molecule has 1 rings (SSSR count). The van der Waals surface area contributed by atoms with Gasteiger partial charge in [0.05, 0.1) is 0 Å². The Morgan fingerprint density at radius 1 is 1.24 bits per heavy atom. The Kier molecular flexibility index (Phi) is 5.46. The van der Waals surface area contributed by atoms with Crippen LogP contribution in [0.25, 0.3) is 0 Å². The van der Waals surface area contributed by atoms with Crippen molar-refractivity contribution < 1.29 is 0 Å². The molecule has 1 unspecified atom stereocenters. The normalized spacial score (nSPS) is 25.2. The van der Waals surface area contributed by atoms with Gasteiger partial charge in [-0.15, -0.1) is 0 Å². The van der Waals surface area contributed by atoms with Crippen LogP contribution in [0.2, 0.25) is 0 Å². The molecule has 1 aliphatic rings. The first-order valence-corrected chi connectivity index (χ1v) is 7.28. The zero-order chi connectivity index (χ0) is 12.9. The van der Waals surface area contributed by atoms with Crippen LogP contribution in [0.3, 0.4) is 0 Å². The molecule has 1 saturated heterocycles. The van der Waals surface area contributed by atoms with Crippen molar-refractivity contribution in [3.05, 3.63) is 0 Å². The van der Waals surface area contributed by atoms with E-state index in [2.05, 4.69) is 45.0 Å². The van der Waals surface area contributed by atoms with Gasteiger partial charge in [-0.25, -0.2) is 0 Å². The molecule has 0 aromatic carbocycles. The Morgan fingerprint density at radius 3 is 2.53 bits per heavy atom. The lowest BCUT2D eigenvalue weighted by molar-refractivity contribution is 0.157. The van der Waals surface area contributed by atoms with Gasteiger partial charge in [-0.05, 0) is 56.7 Å². The van der Waals surface area contributed by atoms with Gasteiger partial charge in [-0.3, -0.25) is 0 Å². The Bertz CT molecular complexity index is 225. The summed E-state index contributed by atoms with van der Waals surface area (Å²) in [5, 5.41) is 3.35. The van der Waals surface area contributed by atoms with Crippen LogP contribution < -0.4 is 5.32 Å².